The third-order valence-electron chi connectivity index (χ3n) is 3.05. The standard InChI is InChI=1S/C14H20N4O/c1-12-14(11-15)16-17-18(12)9-5-6-10-19-13-7-3-2-4-8-13/h2-4,7-8H,5-6,9-11,15H2,1H3. The largest absolute Gasteiger partial charge is 0.494 e. The smallest absolute Gasteiger partial charge is 0.119 e. The molecule has 2 aromatic rings. The molecule has 0 aliphatic rings. The molecule has 19 heavy (non-hydrogen) atoms. The average molecular weight is 260 g/mol. The number of nitrogens with two attached hydrogens (primary N) is 1. The van der Waals surface area contributed by atoms with Gasteiger partial charge < -0.3 is 10.5 Å². The summed E-state index contributed by atoms with van der Waals surface area (Å²) >= 11 is 0. The van der Waals surface area contributed by atoms with Gasteiger partial charge >= 0.3 is 0 Å². The van der Waals surface area contributed by atoms with Crippen molar-refractivity contribution < 1.29 is 4.74 Å². The summed E-state index contributed by atoms with van der Waals surface area (Å²) in [6.07, 6.45) is 2.01. The first kappa shape index (κ1) is 13.5. The lowest BCUT2D eigenvalue weighted by Crippen LogP contribution is -2.06. The summed E-state index contributed by atoms with van der Waals surface area (Å²) in [7, 11) is 0. The molecule has 0 amide bonds. The molecule has 102 valence electrons. The fourth-order valence-electron chi connectivity index (χ4n) is 1.87. The van der Waals surface area contributed by atoms with Gasteiger partial charge in [0.15, 0.2) is 0 Å². The van der Waals surface area contributed by atoms with E-state index >= 15 is 0 Å². The number of aromatic nitrogens is 3. The van der Waals surface area contributed by atoms with Crippen LogP contribution in [0.25, 0.3) is 0 Å². The number of hydrogen-bond acceptors (Lipinski definition) is 4. The van der Waals surface area contributed by atoms with Crippen LogP contribution in [0.4, 0.5) is 0 Å². The second kappa shape index (κ2) is 6.89. The van der Waals surface area contributed by atoms with E-state index in [1.54, 1.807) is 0 Å². The van der Waals surface area contributed by atoms with Crippen molar-refractivity contribution in [2.24, 2.45) is 5.73 Å². The van der Waals surface area contributed by atoms with Crippen LogP contribution in [0.3, 0.4) is 0 Å². The first-order chi connectivity index (χ1) is 9.31. The SMILES string of the molecule is Cc1c(CN)nnn1CCCCOc1ccccc1. The molecule has 0 fully saturated rings. The lowest BCUT2D eigenvalue weighted by atomic mass is 10.3. The van der Waals surface area contributed by atoms with Crippen LogP contribution in [0.2, 0.25) is 0 Å². The maximum atomic E-state index is 5.64. The molecule has 5 heteroatoms. The summed E-state index contributed by atoms with van der Waals surface area (Å²) in [5, 5.41) is 8.13. The molecule has 0 aliphatic heterocycles. The number of aryl methyl sites for hydroxylation is 1. The van der Waals surface area contributed by atoms with Crippen molar-refractivity contribution in [1.29, 1.82) is 0 Å². The van der Waals surface area contributed by atoms with Crippen molar-refractivity contribution in [1.82, 2.24) is 15.0 Å². The topological polar surface area (TPSA) is 66.0 Å². The van der Waals surface area contributed by atoms with Crippen molar-refractivity contribution in [3.63, 3.8) is 0 Å². The van der Waals surface area contributed by atoms with Crippen LogP contribution in [0, 0.1) is 6.92 Å². The Hall–Kier alpha value is -1.88. The van der Waals surface area contributed by atoms with Crippen molar-refractivity contribution in [3.8, 4) is 5.75 Å². The number of nitrogens with zero attached hydrogens (tertiary/aromatic N) is 3. The number of unbranched alkanes of at least 4 members (excludes halogenated alkanes) is 1. The molecule has 0 unspecified atom stereocenters. The van der Waals surface area contributed by atoms with Crippen LogP contribution in [0.15, 0.2) is 30.3 Å². The third-order valence-corrected chi connectivity index (χ3v) is 3.05. The molecule has 1 heterocycles. The molecule has 0 aliphatic carbocycles. The van der Waals surface area contributed by atoms with Gasteiger partial charge in [-0.25, -0.2) is 4.68 Å². The predicted octanol–water partition coefficient (Wildman–Crippen LogP) is 1.90. The summed E-state index contributed by atoms with van der Waals surface area (Å²) in [6, 6.07) is 9.87. The number of hydrogen-bond donors (Lipinski definition) is 1. The number of ether oxygens (including phenoxy) is 1. The third kappa shape index (κ3) is 3.79. The molecule has 1 aromatic heterocycles. The van der Waals surface area contributed by atoms with Crippen LogP contribution in [0.1, 0.15) is 24.2 Å². The highest BCUT2D eigenvalue weighted by atomic mass is 16.5. The van der Waals surface area contributed by atoms with Gasteiger partial charge in [-0.05, 0) is 31.9 Å². The number of benzene rings is 1. The van der Waals surface area contributed by atoms with Crippen LogP contribution >= 0.6 is 0 Å². The average Bonchev–Trinajstić information content (AvgIpc) is 2.80. The molecule has 2 N–H and O–H groups in total. The Morgan fingerprint density at radius 1 is 1.21 bits per heavy atom. The van der Waals surface area contributed by atoms with Gasteiger partial charge in [-0.3, -0.25) is 0 Å². The van der Waals surface area contributed by atoms with Gasteiger partial charge in [-0.1, -0.05) is 23.4 Å². The van der Waals surface area contributed by atoms with E-state index in [1.807, 2.05) is 41.9 Å². The summed E-state index contributed by atoms with van der Waals surface area (Å²) in [6.45, 7) is 4.03. The maximum absolute atomic E-state index is 5.64. The van der Waals surface area contributed by atoms with Crippen LogP contribution in [0.5, 0.6) is 5.75 Å². The molecule has 5 nitrogen and oxygen atoms in total. The normalized spacial score (nSPS) is 10.6. The predicted molar refractivity (Wildman–Crippen MR) is 73.8 cm³/mol. The molecule has 0 atom stereocenters. The van der Waals surface area contributed by atoms with Gasteiger partial charge in [0.25, 0.3) is 0 Å². The van der Waals surface area contributed by atoms with Crippen molar-refractivity contribution >= 4 is 0 Å². The molecule has 0 spiro atoms. The second-order valence-corrected chi connectivity index (χ2v) is 4.42. The van der Waals surface area contributed by atoms with E-state index in [9.17, 15) is 0 Å². The summed E-state index contributed by atoms with van der Waals surface area (Å²) in [5.74, 6) is 0.921. The second-order valence-electron chi connectivity index (χ2n) is 4.42. The Kier molecular flexibility index (Phi) is 4.92. The highest BCUT2D eigenvalue weighted by Crippen LogP contribution is 2.09. The summed E-state index contributed by atoms with van der Waals surface area (Å²) in [4.78, 5) is 0. The lowest BCUT2D eigenvalue weighted by Gasteiger charge is -2.06. The fourth-order valence-corrected chi connectivity index (χ4v) is 1.87. The van der Waals surface area contributed by atoms with Gasteiger partial charge in [-0.15, -0.1) is 5.10 Å². The highest BCUT2D eigenvalue weighted by Gasteiger charge is 2.05. The monoisotopic (exact) mass is 260 g/mol. The minimum Gasteiger partial charge on any atom is -0.494 e. The maximum Gasteiger partial charge on any atom is 0.119 e. The Balaban J connectivity index is 1.68. The summed E-state index contributed by atoms with van der Waals surface area (Å²) in [5.41, 5.74) is 7.51. The Bertz CT molecular complexity index is 495. The molecule has 0 bridgehead atoms. The van der Waals surface area contributed by atoms with E-state index in [0.717, 1.165) is 43.1 Å². The zero-order valence-electron chi connectivity index (χ0n) is 11.2. The first-order valence-electron chi connectivity index (χ1n) is 6.58. The number of para-hydroxylation sites is 1. The Morgan fingerprint density at radius 2 is 2.00 bits per heavy atom. The first-order valence-corrected chi connectivity index (χ1v) is 6.58. The highest BCUT2D eigenvalue weighted by molar-refractivity contribution is 5.20. The van der Waals surface area contributed by atoms with Crippen molar-refractivity contribution in [2.45, 2.75) is 32.9 Å². The molecular formula is C14H20N4O. The minimum absolute atomic E-state index is 0.447. The van der Waals surface area contributed by atoms with Gasteiger partial charge in [-0.2, -0.15) is 0 Å². The molecular weight excluding hydrogens is 240 g/mol. The van der Waals surface area contributed by atoms with Crippen LogP contribution in [-0.4, -0.2) is 21.6 Å². The van der Waals surface area contributed by atoms with Crippen LogP contribution in [-0.2, 0) is 13.1 Å². The van der Waals surface area contributed by atoms with E-state index in [4.69, 9.17) is 10.5 Å². The van der Waals surface area contributed by atoms with Crippen molar-refractivity contribution in [3.05, 3.63) is 41.7 Å². The molecule has 0 saturated heterocycles. The summed E-state index contributed by atoms with van der Waals surface area (Å²) < 4.78 is 7.54. The number of rotatable bonds is 7. The van der Waals surface area contributed by atoms with E-state index in [0.29, 0.717) is 6.54 Å². The zero-order valence-corrected chi connectivity index (χ0v) is 11.2. The molecule has 1 aromatic carbocycles. The van der Waals surface area contributed by atoms with Gasteiger partial charge in [0.05, 0.1) is 18.0 Å². The fraction of sp³-hybridized carbons (Fsp3) is 0.429. The van der Waals surface area contributed by atoms with Gasteiger partial charge in [0.1, 0.15) is 5.75 Å². The van der Waals surface area contributed by atoms with E-state index in [1.165, 1.54) is 0 Å². The Morgan fingerprint density at radius 3 is 2.68 bits per heavy atom. The van der Waals surface area contributed by atoms with Crippen molar-refractivity contribution in [2.75, 3.05) is 6.61 Å². The van der Waals surface area contributed by atoms with E-state index < -0.39 is 0 Å². The Labute approximate surface area is 113 Å². The minimum atomic E-state index is 0.447. The van der Waals surface area contributed by atoms with Gasteiger partial charge in [0, 0.05) is 13.1 Å². The lowest BCUT2D eigenvalue weighted by molar-refractivity contribution is 0.301. The molecule has 0 radical (unpaired) electrons. The quantitative estimate of drug-likeness (QED) is 0.772. The van der Waals surface area contributed by atoms with Crippen LogP contribution < -0.4 is 10.5 Å². The molecule has 2 rings (SSSR count). The molecule has 0 saturated carbocycles. The van der Waals surface area contributed by atoms with E-state index in [2.05, 4.69) is 10.3 Å². The van der Waals surface area contributed by atoms with E-state index in [-0.39, 0.29) is 0 Å². The van der Waals surface area contributed by atoms with Gasteiger partial charge in [0.2, 0.25) is 0 Å². The zero-order chi connectivity index (χ0) is 13.5.